The van der Waals surface area contributed by atoms with Crippen LogP contribution in [0.1, 0.15) is 50.2 Å². The normalized spacial score (nSPS) is 24.8. The molecule has 1 saturated heterocycles. The lowest BCUT2D eigenvalue weighted by Gasteiger charge is -2.38. The first kappa shape index (κ1) is 12.6. The van der Waals surface area contributed by atoms with Crippen molar-refractivity contribution >= 4 is 0 Å². The van der Waals surface area contributed by atoms with E-state index in [0.717, 1.165) is 0 Å². The maximum atomic E-state index is 3.77. The lowest BCUT2D eigenvalue weighted by molar-refractivity contribution is 0.229. The zero-order chi connectivity index (χ0) is 12.1. The van der Waals surface area contributed by atoms with Crippen LogP contribution in [0.5, 0.6) is 0 Å². The van der Waals surface area contributed by atoms with Crippen molar-refractivity contribution in [3.8, 4) is 0 Å². The molecule has 0 aromatic heterocycles. The average Bonchev–Trinajstić information content (AvgIpc) is 2.39. The third-order valence-corrected chi connectivity index (χ3v) is 4.39. The van der Waals surface area contributed by atoms with Crippen molar-refractivity contribution in [1.29, 1.82) is 0 Å². The Morgan fingerprint density at radius 3 is 2.71 bits per heavy atom. The summed E-state index contributed by atoms with van der Waals surface area (Å²) >= 11 is 0. The Labute approximate surface area is 106 Å². The molecule has 0 saturated carbocycles. The summed E-state index contributed by atoms with van der Waals surface area (Å²) in [5.41, 5.74) is 3.38. The first-order chi connectivity index (χ1) is 8.26. The summed E-state index contributed by atoms with van der Waals surface area (Å²) in [6, 6.07) is 8.80. The molecule has 1 aromatic carbocycles. The summed E-state index contributed by atoms with van der Waals surface area (Å²) in [6.45, 7) is 5.76. The molecular formula is C16H25N. The third kappa shape index (κ3) is 3.10. The molecule has 1 aromatic rings. The van der Waals surface area contributed by atoms with E-state index in [1.54, 1.807) is 0 Å². The van der Waals surface area contributed by atoms with E-state index in [-0.39, 0.29) is 0 Å². The van der Waals surface area contributed by atoms with Crippen LogP contribution >= 0.6 is 0 Å². The van der Waals surface area contributed by atoms with Crippen LogP contribution in [0.2, 0.25) is 0 Å². The van der Waals surface area contributed by atoms with Crippen molar-refractivity contribution in [2.75, 3.05) is 6.54 Å². The minimum atomic E-state index is 0.417. The molecule has 1 unspecified atom stereocenters. The highest BCUT2D eigenvalue weighted by molar-refractivity contribution is 5.25. The van der Waals surface area contributed by atoms with Crippen LogP contribution in [0, 0.1) is 6.92 Å². The molecule has 17 heavy (non-hydrogen) atoms. The van der Waals surface area contributed by atoms with Gasteiger partial charge in [0.15, 0.2) is 0 Å². The van der Waals surface area contributed by atoms with Gasteiger partial charge in [-0.15, -0.1) is 0 Å². The maximum Gasteiger partial charge on any atom is 0.0182 e. The van der Waals surface area contributed by atoms with E-state index in [9.17, 15) is 0 Å². The molecule has 1 N–H and O–H groups in total. The Hall–Kier alpha value is -0.820. The van der Waals surface area contributed by atoms with Crippen molar-refractivity contribution in [3.05, 3.63) is 35.4 Å². The van der Waals surface area contributed by atoms with Crippen LogP contribution in [-0.2, 0) is 6.42 Å². The minimum Gasteiger partial charge on any atom is -0.311 e. The molecular weight excluding hydrogens is 206 g/mol. The molecule has 1 heteroatoms. The quantitative estimate of drug-likeness (QED) is 0.830. The van der Waals surface area contributed by atoms with Crippen molar-refractivity contribution < 1.29 is 0 Å². The van der Waals surface area contributed by atoms with Crippen LogP contribution in [0.25, 0.3) is 0 Å². The van der Waals surface area contributed by atoms with E-state index in [1.807, 2.05) is 0 Å². The fraction of sp³-hybridized carbons (Fsp3) is 0.625. The number of hydrogen-bond acceptors (Lipinski definition) is 1. The Morgan fingerprint density at radius 1 is 1.24 bits per heavy atom. The highest BCUT2D eigenvalue weighted by Crippen LogP contribution is 2.28. The molecule has 1 aliphatic heterocycles. The van der Waals surface area contributed by atoms with Gasteiger partial charge < -0.3 is 5.32 Å². The van der Waals surface area contributed by atoms with Gasteiger partial charge in [0.2, 0.25) is 0 Å². The first-order valence-corrected chi connectivity index (χ1v) is 7.05. The topological polar surface area (TPSA) is 12.0 Å². The highest BCUT2D eigenvalue weighted by atomic mass is 15.0. The predicted octanol–water partition coefficient (Wildman–Crippen LogP) is 3.85. The van der Waals surface area contributed by atoms with E-state index >= 15 is 0 Å². The molecule has 0 bridgehead atoms. The van der Waals surface area contributed by atoms with Crippen molar-refractivity contribution in [1.82, 2.24) is 5.32 Å². The molecule has 1 heterocycles. The van der Waals surface area contributed by atoms with Crippen LogP contribution in [0.3, 0.4) is 0 Å². The largest absolute Gasteiger partial charge is 0.311 e. The number of aryl methyl sites for hydroxylation is 2. The van der Waals surface area contributed by atoms with E-state index in [0.29, 0.717) is 5.54 Å². The van der Waals surface area contributed by atoms with Gasteiger partial charge in [0.1, 0.15) is 0 Å². The van der Waals surface area contributed by atoms with Gasteiger partial charge in [-0.3, -0.25) is 0 Å². The number of rotatable bonds is 4. The van der Waals surface area contributed by atoms with Crippen LogP contribution < -0.4 is 5.32 Å². The minimum absolute atomic E-state index is 0.417. The van der Waals surface area contributed by atoms with Crippen molar-refractivity contribution in [2.45, 2.75) is 57.9 Å². The van der Waals surface area contributed by atoms with E-state index in [4.69, 9.17) is 0 Å². The fourth-order valence-electron chi connectivity index (χ4n) is 2.99. The second-order valence-corrected chi connectivity index (χ2v) is 5.44. The third-order valence-electron chi connectivity index (χ3n) is 4.39. The SMILES string of the molecule is CCC1(CCc2ccccc2C)CCCCN1. The predicted molar refractivity (Wildman–Crippen MR) is 74.4 cm³/mol. The summed E-state index contributed by atoms with van der Waals surface area (Å²) in [6.07, 6.45) is 7.87. The molecule has 0 aliphatic carbocycles. The van der Waals surface area contributed by atoms with E-state index in [2.05, 4.69) is 43.4 Å². The molecule has 0 amide bonds. The van der Waals surface area contributed by atoms with Gasteiger partial charge in [-0.05, 0) is 56.7 Å². The average molecular weight is 231 g/mol. The van der Waals surface area contributed by atoms with Gasteiger partial charge >= 0.3 is 0 Å². The molecule has 1 aliphatic rings. The number of piperidine rings is 1. The van der Waals surface area contributed by atoms with E-state index < -0.39 is 0 Å². The van der Waals surface area contributed by atoms with Crippen molar-refractivity contribution in [3.63, 3.8) is 0 Å². The summed E-state index contributed by atoms with van der Waals surface area (Å²) in [5, 5.41) is 3.77. The number of hydrogen-bond donors (Lipinski definition) is 1. The zero-order valence-electron chi connectivity index (χ0n) is 11.3. The lowest BCUT2D eigenvalue weighted by Crippen LogP contribution is -2.48. The van der Waals surface area contributed by atoms with Gasteiger partial charge in [-0.25, -0.2) is 0 Å². The summed E-state index contributed by atoms with van der Waals surface area (Å²) in [5.74, 6) is 0. The molecule has 1 atom stereocenters. The molecule has 1 nitrogen and oxygen atoms in total. The highest BCUT2D eigenvalue weighted by Gasteiger charge is 2.29. The monoisotopic (exact) mass is 231 g/mol. The second-order valence-electron chi connectivity index (χ2n) is 5.44. The van der Waals surface area contributed by atoms with Gasteiger partial charge in [-0.2, -0.15) is 0 Å². The molecule has 0 spiro atoms. The van der Waals surface area contributed by atoms with Crippen LogP contribution in [-0.4, -0.2) is 12.1 Å². The fourth-order valence-corrected chi connectivity index (χ4v) is 2.99. The smallest absolute Gasteiger partial charge is 0.0182 e. The van der Waals surface area contributed by atoms with Crippen LogP contribution in [0.15, 0.2) is 24.3 Å². The Morgan fingerprint density at radius 2 is 2.06 bits per heavy atom. The maximum absolute atomic E-state index is 3.77. The van der Waals surface area contributed by atoms with E-state index in [1.165, 1.54) is 56.2 Å². The first-order valence-electron chi connectivity index (χ1n) is 7.05. The molecule has 94 valence electrons. The zero-order valence-corrected chi connectivity index (χ0v) is 11.3. The van der Waals surface area contributed by atoms with Gasteiger partial charge in [0.05, 0.1) is 0 Å². The van der Waals surface area contributed by atoms with Gasteiger partial charge in [-0.1, -0.05) is 37.6 Å². The Balaban J connectivity index is 1.98. The second kappa shape index (κ2) is 5.68. The summed E-state index contributed by atoms with van der Waals surface area (Å²) < 4.78 is 0. The number of nitrogens with one attached hydrogen (secondary N) is 1. The lowest BCUT2D eigenvalue weighted by atomic mass is 9.81. The summed E-state index contributed by atoms with van der Waals surface area (Å²) in [7, 11) is 0. The molecule has 1 fully saturated rings. The van der Waals surface area contributed by atoms with Crippen molar-refractivity contribution in [2.24, 2.45) is 0 Å². The Bertz CT molecular complexity index is 350. The van der Waals surface area contributed by atoms with Gasteiger partial charge in [0, 0.05) is 5.54 Å². The molecule has 0 radical (unpaired) electrons. The van der Waals surface area contributed by atoms with Gasteiger partial charge in [0.25, 0.3) is 0 Å². The van der Waals surface area contributed by atoms with Crippen LogP contribution in [0.4, 0.5) is 0 Å². The number of benzene rings is 1. The molecule has 2 rings (SSSR count). The Kier molecular flexibility index (Phi) is 4.22. The summed E-state index contributed by atoms with van der Waals surface area (Å²) in [4.78, 5) is 0. The standard InChI is InChI=1S/C16H25N/c1-3-16(11-6-7-13-17-16)12-10-15-9-5-4-8-14(15)2/h4-5,8-9,17H,3,6-7,10-13H2,1-2H3.